The van der Waals surface area contributed by atoms with Gasteiger partial charge in [0, 0.05) is 11.1 Å². The smallest absolute Gasteiger partial charge is 0.413 e. The number of carbonyl (C=O) groups is 2. The molecular weight excluding hydrogens is 434 g/mol. The minimum absolute atomic E-state index is 0.0455. The van der Waals surface area contributed by atoms with Crippen LogP contribution in [0.4, 0.5) is 4.79 Å². The third-order valence-corrected chi connectivity index (χ3v) is 4.77. The minimum atomic E-state index is -0.793. The number of benzene rings is 2. The summed E-state index contributed by atoms with van der Waals surface area (Å²) in [5.41, 5.74) is 0.126. The second kappa shape index (κ2) is 9.04. The van der Waals surface area contributed by atoms with Crippen LogP contribution < -0.4 is 20.2 Å². The summed E-state index contributed by atoms with van der Waals surface area (Å²) in [5.74, 6) is -0.0101. The number of rotatable bonds is 5. The van der Waals surface area contributed by atoms with Gasteiger partial charge in [-0.15, -0.1) is 0 Å². The van der Waals surface area contributed by atoms with Crippen molar-refractivity contribution < 1.29 is 23.5 Å². The van der Waals surface area contributed by atoms with Crippen LogP contribution in [0.2, 0.25) is 5.02 Å². The lowest BCUT2D eigenvalue weighted by atomic mass is 10.0. The van der Waals surface area contributed by atoms with Gasteiger partial charge in [-0.3, -0.25) is 9.59 Å². The number of amides is 1. The second-order valence-corrected chi connectivity index (χ2v) is 8.78. The van der Waals surface area contributed by atoms with Gasteiger partial charge in [0.2, 0.25) is 5.43 Å². The van der Waals surface area contributed by atoms with E-state index in [0.29, 0.717) is 16.0 Å². The zero-order chi connectivity index (χ0) is 23.6. The summed E-state index contributed by atoms with van der Waals surface area (Å²) in [4.78, 5) is 36.7. The maximum absolute atomic E-state index is 13.3. The quantitative estimate of drug-likeness (QED) is 0.554. The summed E-state index contributed by atoms with van der Waals surface area (Å²) in [7, 11) is 0. The van der Waals surface area contributed by atoms with Crippen LogP contribution in [-0.4, -0.2) is 23.5 Å². The number of hydrogen-bond donors (Lipinski definition) is 1. The van der Waals surface area contributed by atoms with Gasteiger partial charge in [-0.25, -0.2) is 4.79 Å². The van der Waals surface area contributed by atoms with E-state index in [1.54, 1.807) is 31.2 Å². The summed E-state index contributed by atoms with van der Waals surface area (Å²) < 4.78 is 17.1. The predicted octanol–water partition coefficient (Wildman–Crippen LogP) is 5.36. The van der Waals surface area contributed by atoms with Crippen molar-refractivity contribution in [1.29, 1.82) is 0 Å². The molecule has 1 atom stereocenters. The minimum Gasteiger partial charge on any atom is -0.459 e. The standard InChI is InChI=1S/C24H24ClNO6/c1-13(14(2)27)26-23(29)30-17-10-11-18-19(12-17)31-22(32-24(3,4)5)20(21(18)28)15-6-8-16(25)9-7-15/h6-13H,1-5H3,(H,26,29). The number of Topliss-reactive ketones (excluding diaryl/α,β-unsaturated/α-hetero) is 1. The van der Waals surface area contributed by atoms with E-state index >= 15 is 0 Å². The normalized spacial score (nSPS) is 12.3. The van der Waals surface area contributed by atoms with Gasteiger partial charge in [-0.05, 0) is 64.4 Å². The van der Waals surface area contributed by atoms with Crippen molar-refractivity contribution in [2.75, 3.05) is 0 Å². The second-order valence-electron chi connectivity index (χ2n) is 8.34. The van der Waals surface area contributed by atoms with Crippen LogP contribution in [-0.2, 0) is 4.79 Å². The lowest BCUT2D eigenvalue weighted by molar-refractivity contribution is -0.118. The molecule has 0 aliphatic rings. The highest BCUT2D eigenvalue weighted by Crippen LogP contribution is 2.34. The van der Waals surface area contributed by atoms with E-state index in [9.17, 15) is 14.4 Å². The largest absolute Gasteiger partial charge is 0.459 e. The highest BCUT2D eigenvalue weighted by Gasteiger charge is 2.23. The molecule has 3 aromatic rings. The number of ether oxygens (including phenoxy) is 2. The molecule has 0 spiro atoms. The zero-order valence-corrected chi connectivity index (χ0v) is 19.2. The van der Waals surface area contributed by atoms with Gasteiger partial charge in [-0.1, -0.05) is 23.7 Å². The average molecular weight is 458 g/mol. The van der Waals surface area contributed by atoms with Crippen LogP contribution in [0.1, 0.15) is 34.6 Å². The molecule has 2 aromatic carbocycles. The zero-order valence-electron chi connectivity index (χ0n) is 18.4. The Balaban J connectivity index is 2.07. The first-order chi connectivity index (χ1) is 14.9. The van der Waals surface area contributed by atoms with E-state index in [1.807, 2.05) is 20.8 Å². The third-order valence-electron chi connectivity index (χ3n) is 4.52. The lowest BCUT2D eigenvalue weighted by Gasteiger charge is -2.22. The van der Waals surface area contributed by atoms with E-state index < -0.39 is 17.7 Å². The summed E-state index contributed by atoms with van der Waals surface area (Å²) in [6.07, 6.45) is -0.793. The Bertz CT molecular complexity index is 1220. The molecule has 0 aliphatic carbocycles. The average Bonchev–Trinajstić information content (AvgIpc) is 2.67. The van der Waals surface area contributed by atoms with E-state index in [0.717, 1.165) is 0 Å². The van der Waals surface area contributed by atoms with E-state index in [1.165, 1.54) is 25.1 Å². The molecule has 0 radical (unpaired) electrons. The van der Waals surface area contributed by atoms with Crippen molar-refractivity contribution in [2.45, 2.75) is 46.3 Å². The van der Waals surface area contributed by atoms with Gasteiger partial charge in [0.05, 0.1) is 11.4 Å². The molecule has 0 aliphatic heterocycles. The Kier molecular flexibility index (Phi) is 6.60. The van der Waals surface area contributed by atoms with Crippen molar-refractivity contribution in [3.8, 4) is 22.8 Å². The van der Waals surface area contributed by atoms with Gasteiger partial charge >= 0.3 is 6.09 Å². The van der Waals surface area contributed by atoms with Gasteiger partial charge in [0.25, 0.3) is 5.95 Å². The summed E-state index contributed by atoms with van der Waals surface area (Å²) in [6, 6.07) is 10.5. The molecule has 1 heterocycles. The molecule has 0 bridgehead atoms. The fourth-order valence-corrected chi connectivity index (χ4v) is 2.97. The van der Waals surface area contributed by atoms with Crippen LogP contribution in [0.25, 0.3) is 22.1 Å². The van der Waals surface area contributed by atoms with E-state index in [-0.39, 0.29) is 34.1 Å². The van der Waals surface area contributed by atoms with Crippen LogP contribution in [0.5, 0.6) is 11.7 Å². The first-order valence-electron chi connectivity index (χ1n) is 9.99. The Morgan fingerprint density at radius 3 is 2.34 bits per heavy atom. The number of ketones is 1. The van der Waals surface area contributed by atoms with E-state index in [2.05, 4.69) is 5.32 Å². The highest BCUT2D eigenvalue weighted by molar-refractivity contribution is 6.30. The first kappa shape index (κ1) is 23.3. The molecule has 32 heavy (non-hydrogen) atoms. The lowest BCUT2D eigenvalue weighted by Crippen LogP contribution is -2.39. The Morgan fingerprint density at radius 1 is 1.09 bits per heavy atom. The molecule has 3 rings (SSSR count). The van der Waals surface area contributed by atoms with Crippen molar-refractivity contribution >= 4 is 34.4 Å². The van der Waals surface area contributed by atoms with Gasteiger partial charge in [0.15, 0.2) is 5.78 Å². The third kappa shape index (κ3) is 5.48. The number of carbonyl (C=O) groups excluding carboxylic acids is 2. The monoisotopic (exact) mass is 457 g/mol. The molecule has 7 nitrogen and oxygen atoms in total. The number of fused-ring (bicyclic) bond motifs is 1. The Hall–Kier alpha value is -3.32. The van der Waals surface area contributed by atoms with Crippen LogP contribution >= 0.6 is 11.6 Å². The van der Waals surface area contributed by atoms with Crippen LogP contribution in [0, 0.1) is 0 Å². The van der Waals surface area contributed by atoms with Crippen molar-refractivity contribution in [3.05, 3.63) is 57.7 Å². The SMILES string of the molecule is CC(=O)C(C)NC(=O)Oc1ccc2c(=O)c(-c3ccc(Cl)cc3)c(OC(C)(C)C)oc2c1. The maximum atomic E-state index is 13.3. The topological polar surface area (TPSA) is 94.8 Å². The van der Waals surface area contributed by atoms with Crippen LogP contribution in [0.15, 0.2) is 51.7 Å². The first-order valence-corrected chi connectivity index (χ1v) is 10.4. The van der Waals surface area contributed by atoms with Crippen molar-refractivity contribution in [3.63, 3.8) is 0 Å². The molecule has 1 N–H and O–H groups in total. The molecule has 1 unspecified atom stereocenters. The number of hydrogen-bond acceptors (Lipinski definition) is 6. The fraction of sp³-hybridized carbons (Fsp3) is 0.292. The fourth-order valence-electron chi connectivity index (χ4n) is 2.85. The summed E-state index contributed by atoms with van der Waals surface area (Å²) in [5, 5.41) is 3.26. The van der Waals surface area contributed by atoms with Gasteiger partial charge in [-0.2, -0.15) is 0 Å². The maximum Gasteiger partial charge on any atom is 0.413 e. The predicted molar refractivity (Wildman–Crippen MR) is 123 cm³/mol. The van der Waals surface area contributed by atoms with Gasteiger partial charge in [0.1, 0.15) is 22.5 Å². The van der Waals surface area contributed by atoms with Crippen LogP contribution in [0.3, 0.4) is 0 Å². The Morgan fingerprint density at radius 2 is 1.75 bits per heavy atom. The molecule has 168 valence electrons. The van der Waals surface area contributed by atoms with Crippen molar-refractivity contribution in [2.24, 2.45) is 0 Å². The molecule has 0 fully saturated rings. The summed E-state index contributed by atoms with van der Waals surface area (Å²) in [6.45, 7) is 8.43. The molecule has 0 saturated carbocycles. The van der Waals surface area contributed by atoms with E-state index in [4.69, 9.17) is 25.5 Å². The number of nitrogens with one attached hydrogen (secondary N) is 1. The van der Waals surface area contributed by atoms with Crippen molar-refractivity contribution in [1.82, 2.24) is 5.32 Å². The molecule has 8 heteroatoms. The van der Waals surface area contributed by atoms with Gasteiger partial charge < -0.3 is 19.2 Å². The number of halogens is 1. The summed E-state index contributed by atoms with van der Waals surface area (Å²) >= 11 is 5.99. The highest BCUT2D eigenvalue weighted by atomic mass is 35.5. The molecule has 1 aromatic heterocycles. The Labute approximate surface area is 190 Å². The molecular formula is C24H24ClNO6. The molecule has 1 amide bonds. The molecule has 0 saturated heterocycles.